The molecule has 3 aromatic rings. The molecule has 0 aliphatic carbocycles. The van der Waals surface area contributed by atoms with Crippen LogP contribution >= 0.6 is 0 Å². The second kappa shape index (κ2) is 14.5. The summed E-state index contributed by atoms with van der Waals surface area (Å²) in [5, 5.41) is 5.55. The predicted octanol–water partition coefficient (Wildman–Crippen LogP) is 6.49. The van der Waals surface area contributed by atoms with Gasteiger partial charge in [0.1, 0.15) is 29.7 Å². The summed E-state index contributed by atoms with van der Waals surface area (Å²) < 4.78 is 57.0. The van der Waals surface area contributed by atoms with E-state index in [0.717, 1.165) is 17.7 Å². The van der Waals surface area contributed by atoms with Crippen molar-refractivity contribution in [3.05, 3.63) is 94.8 Å². The van der Waals surface area contributed by atoms with Crippen LogP contribution in [0.5, 0.6) is 11.5 Å². The Morgan fingerprint density at radius 2 is 1.62 bits per heavy atom. The van der Waals surface area contributed by atoms with Gasteiger partial charge in [0, 0.05) is 31.3 Å². The number of ether oxygens (including phenoxy) is 3. The first kappa shape index (κ1) is 32.1. The van der Waals surface area contributed by atoms with Crippen molar-refractivity contribution in [3.63, 3.8) is 0 Å². The summed E-state index contributed by atoms with van der Waals surface area (Å²) in [5.41, 5.74) is 0.915. The Labute approximate surface area is 243 Å². The molecular weight excluding hydrogens is 551 g/mol. The van der Waals surface area contributed by atoms with Gasteiger partial charge in [-0.3, -0.25) is 0 Å². The highest BCUT2D eigenvalue weighted by atomic mass is 19.1. The van der Waals surface area contributed by atoms with Crippen LogP contribution in [-0.2, 0) is 17.9 Å². The Morgan fingerprint density at radius 1 is 0.929 bits per heavy atom. The highest BCUT2D eigenvalue weighted by Crippen LogP contribution is 2.30. The number of methoxy groups -OCH3 is 1. The normalized spacial score (nSPS) is 11.8. The van der Waals surface area contributed by atoms with Gasteiger partial charge in [0.2, 0.25) is 0 Å². The monoisotopic (exact) mass is 587 g/mol. The average molecular weight is 588 g/mol. The van der Waals surface area contributed by atoms with E-state index in [-0.39, 0.29) is 37.6 Å². The van der Waals surface area contributed by atoms with Crippen molar-refractivity contribution < 1.29 is 37.0 Å². The third-order valence-electron chi connectivity index (χ3n) is 6.05. The molecule has 0 aliphatic heterocycles. The molecule has 0 unspecified atom stereocenters. The van der Waals surface area contributed by atoms with Crippen LogP contribution in [0.15, 0.2) is 60.7 Å². The Bertz CT molecular complexity index is 1360. The molecule has 0 radical (unpaired) electrons. The fourth-order valence-corrected chi connectivity index (χ4v) is 3.92. The van der Waals surface area contributed by atoms with E-state index in [0.29, 0.717) is 17.1 Å². The van der Waals surface area contributed by atoms with Crippen molar-refractivity contribution in [1.82, 2.24) is 15.5 Å². The topological polar surface area (TPSA) is 89.1 Å². The van der Waals surface area contributed by atoms with Crippen molar-refractivity contribution in [3.8, 4) is 11.5 Å². The maximum absolute atomic E-state index is 14.0. The molecule has 8 nitrogen and oxygen atoms in total. The van der Waals surface area contributed by atoms with Crippen LogP contribution in [0.25, 0.3) is 0 Å². The van der Waals surface area contributed by atoms with E-state index in [1.807, 2.05) is 0 Å². The number of benzene rings is 3. The van der Waals surface area contributed by atoms with Crippen molar-refractivity contribution in [2.75, 3.05) is 20.2 Å². The lowest BCUT2D eigenvalue weighted by atomic mass is 10.1. The highest BCUT2D eigenvalue weighted by Gasteiger charge is 2.20. The Kier molecular flexibility index (Phi) is 11.1. The van der Waals surface area contributed by atoms with E-state index in [1.54, 1.807) is 58.0 Å². The van der Waals surface area contributed by atoms with Crippen molar-refractivity contribution >= 4 is 12.1 Å². The largest absolute Gasteiger partial charge is 0.493 e. The smallest absolute Gasteiger partial charge is 0.407 e. The second-order valence-corrected chi connectivity index (χ2v) is 10.6. The SMILES string of the molecule is COc1cc(CN(CCNC(=O)OC(C)(C)C)C(=O)N[C@@H](C)c2ccc(F)cc2)ccc1OCc1ccc(F)cc1F. The van der Waals surface area contributed by atoms with E-state index < -0.39 is 35.4 Å². The van der Waals surface area contributed by atoms with Gasteiger partial charge in [-0.25, -0.2) is 22.8 Å². The molecule has 1 atom stereocenters. The minimum Gasteiger partial charge on any atom is -0.493 e. The van der Waals surface area contributed by atoms with Gasteiger partial charge in [0.25, 0.3) is 0 Å². The van der Waals surface area contributed by atoms with Gasteiger partial charge in [0.05, 0.1) is 13.2 Å². The Hall–Kier alpha value is -4.41. The molecule has 3 rings (SSSR count). The van der Waals surface area contributed by atoms with E-state index in [9.17, 15) is 22.8 Å². The van der Waals surface area contributed by atoms with Gasteiger partial charge in [-0.1, -0.05) is 18.2 Å². The van der Waals surface area contributed by atoms with Gasteiger partial charge in [-0.15, -0.1) is 0 Å². The van der Waals surface area contributed by atoms with Crippen LogP contribution in [0, 0.1) is 17.5 Å². The Morgan fingerprint density at radius 3 is 2.26 bits per heavy atom. The lowest BCUT2D eigenvalue weighted by Crippen LogP contribution is -2.44. The summed E-state index contributed by atoms with van der Waals surface area (Å²) in [7, 11) is 1.45. The minimum absolute atomic E-state index is 0.120. The number of amides is 3. The van der Waals surface area contributed by atoms with Crippen LogP contribution in [0.1, 0.15) is 50.4 Å². The molecule has 0 fully saturated rings. The molecule has 226 valence electrons. The number of halogens is 3. The predicted molar refractivity (Wildman–Crippen MR) is 152 cm³/mol. The molecule has 0 aliphatic rings. The van der Waals surface area contributed by atoms with Crippen LogP contribution < -0.4 is 20.1 Å². The molecule has 3 amide bonds. The number of carbonyl (C=O) groups excluding carboxylic acids is 2. The summed E-state index contributed by atoms with van der Waals surface area (Å²) >= 11 is 0. The summed E-state index contributed by atoms with van der Waals surface area (Å²) in [6.45, 7) is 7.29. The lowest BCUT2D eigenvalue weighted by molar-refractivity contribution is 0.0522. The second-order valence-electron chi connectivity index (χ2n) is 10.6. The van der Waals surface area contributed by atoms with Crippen LogP contribution in [0.4, 0.5) is 22.8 Å². The average Bonchev–Trinajstić information content (AvgIpc) is 2.91. The van der Waals surface area contributed by atoms with E-state index in [4.69, 9.17) is 14.2 Å². The molecule has 0 spiro atoms. The van der Waals surface area contributed by atoms with Gasteiger partial charge in [0.15, 0.2) is 11.5 Å². The number of carbonyl (C=O) groups is 2. The zero-order valence-corrected chi connectivity index (χ0v) is 24.3. The zero-order chi connectivity index (χ0) is 30.9. The summed E-state index contributed by atoms with van der Waals surface area (Å²) in [6, 6.07) is 13.3. The number of hydrogen-bond acceptors (Lipinski definition) is 5. The van der Waals surface area contributed by atoms with Gasteiger partial charge in [-0.05, 0) is 75.2 Å². The maximum atomic E-state index is 14.0. The first-order chi connectivity index (χ1) is 19.8. The van der Waals surface area contributed by atoms with Crippen molar-refractivity contribution in [1.29, 1.82) is 0 Å². The van der Waals surface area contributed by atoms with Crippen LogP contribution in [-0.4, -0.2) is 42.8 Å². The zero-order valence-electron chi connectivity index (χ0n) is 24.3. The standard InChI is InChI=1S/C31H36F3N3O5/c1-20(22-7-10-24(32)11-8-22)36-29(38)37(15-14-35-30(39)42-31(2,3)4)18-21-6-13-27(28(16-21)40-5)41-19-23-9-12-25(33)17-26(23)34/h6-13,16-17,20H,14-15,18-19H2,1-5H3,(H,35,39)(H,36,38)/t20-/m0/s1. The van der Waals surface area contributed by atoms with Crippen LogP contribution in [0.2, 0.25) is 0 Å². The minimum atomic E-state index is -0.720. The number of hydrogen-bond donors (Lipinski definition) is 2. The van der Waals surface area contributed by atoms with E-state index in [2.05, 4.69) is 10.6 Å². The van der Waals surface area contributed by atoms with Gasteiger partial charge in [-0.2, -0.15) is 0 Å². The van der Waals surface area contributed by atoms with Gasteiger partial charge < -0.3 is 29.7 Å². The maximum Gasteiger partial charge on any atom is 0.407 e. The van der Waals surface area contributed by atoms with Crippen LogP contribution in [0.3, 0.4) is 0 Å². The van der Waals surface area contributed by atoms with E-state index >= 15 is 0 Å². The highest BCUT2D eigenvalue weighted by molar-refractivity contribution is 5.75. The fourth-order valence-electron chi connectivity index (χ4n) is 3.92. The summed E-state index contributed by atoms with van der Waals surface area (Å²) in [5.74, 6) is -1.10. The summed E-state index contributed by atoms with van der Waals surface area (Å²) in [4.78, 5) is 26.9. The number of nitrogens with one attached hydrogen (secondary N) is 2. The molecule has 0 aromatic heterocycles. The lowest BCUT2D eigenvalue weighted by Gasteiger charge is -2.26. The van der Waals surface area contributed by atoms with Crippen molar-refractivity contribution in [2.45, 2.75) is 52.5 Å². The molecule has 11 heteroatoms. The molecular formula is C31H36F3N3O5. The molecule has 2 N–H and O–H groups in total. The first-order valence-corrected chi connectivity index (χ1v) is 13.4. The molecule has 0 saturated carbocycles. The number of urea groups is 1. The molecule has 42 heavy (non-hydrogen) atoms. The van der Waals surface area contributed by atoms with Gasteiger partial charge >= 0.3 is 12.1 Å². The first-order valence-electron chi connectivity index (χ1n) is 13.4. The third-order valence-corrected chi connectivity index (χ3v) is 6.05. The number of nitrogens with zero attached hydrogens (tertiary/aromatic N) is 1. The molecule has 0 bridgehead atoms. The quantitative estimate of drug-likeness (QED) is 0.268. The number of alkyl carbamates (subject to hydrolysis) is 1. The van der Waals surface area contributed by atoms with Crippen molar-refractivity contribution in [2.24, 2.45) is 0 Å². The molecule has 3 aromatic carbocycles. The Balaban J connectivity index is 1.73. The third kappa shape index (κ3) is 9.90. The fraction of sp³-hybridized carbons (Fsp3) is 0.355. The number of rotatable bonds is 11. The summed E-state index contributed by atoms with van der Waals surface area (Å²) in [6.07, 6.45) is -0.608. The van der Waals surface area contributed by atoms with E-state index in [1.165, 1.54) is 30.2 Å². The molecule has 0 saturated heterocycles. The molecule has 0 heterocycles.